The summed E-state index contributed by atoms with van der Waals surface area (Å²) in [7, 11) is 0. The maximum atomic E-state index is 11.9. The van der Waals surface area contributed by atoms with Gasteiger partial charge in [-0.1, -0.05) is 23.7 Å². The fraction of sp³-hybridized carbons (Fsp3) is 0.214. The van der Waals surface area contributed by atoms with Crippen molar-refractivity contribution in [2.24, 2.45) is 4.99 Å². The van der Waals surface area contributed by atoms with Gasteiger partial charge >= 0.3 is 0 Å². The monoisotopic (exact) mass is 318 g/mol. The lowest BCUT2D eigenvalue weighted by Gasteiger charge is -2.17. The zero-order chi connectivity index (χ0) is 15.2. The van der Waals surface area contributed by atoms with Crippen LogP contribution < -0.4 is 10.0 Å². The lowest BCUT2D eigenvalue weighted by atomic mass is 10.2. The van der Waals surface area contributed by atoms with Crippen LogP contribution in [0.5, 0.6) is 0 Å². The zero-order valence-corrected chi connectivity index (χ0v) is 13.3. The number of carbonyl (C=O) groups excluding carboxylic acids is 1. The molecule has 0 unspecified atom stereocenters. The lowest BCUT2D eigenvalue weighted by Crippen LogP contribution is -2.23. The first kappa shape index (κ1) is 15.5. The Bertz CT molecular complexity index is 644. The molecule has 0 saturated carbocycles. The Hall–Kier alpha value is -1.91. The van der Waals surface area contributed by atoms with Crippen LogP contribution in [-0.4, -0.2) is 23.1 Å². The topological polar surface area (TPSA) is 77.3 Å². The Morgan fingerprint density at radius 3 is 2.76 bits per heavy atom. The van der Waals surface area contributed by atoms with Crippen LogP contribution in [-0.2, 0) is 4.79 Å². The minimum atomic E-state index is -0.181. The van der Waals surface area contributed by atoms with Crippen LogP contribution in [0.1, 0.15) is 12.5 Å². The smallest absolute Gasteiger partial charge is 0.279 e. The van der Waals surface area contributed by atoms with E-state index < -0.39 is 0 Å². The van der Waals surface area contributed by atoms with Gasteiger partial charge in [0.25, 0.3) is 5.91 Å². The van der Waals surface area contributed by atoms with E-state index in [0.29, 0.717) is 16.4 Å². The Labute approximate surface area is 132 Å². The van der Waals surface area contributed by atoms with Crippen molar-refractivity contribution in [2.75, 3.05) is 17.3 Å². The average molecular weight is 318 g/mol. The highest BCUT2D eigenvalue weighted by molar-refractivity contribution is 8.14. The van der Waals surface area contributed by atoms with E-state index in [-0.39, 0.29) is 5.91 Å². The molecule has 0 bridgehead atoms. The summed E-state index contributed by atoms with van der Waals surface area (Å²) in [5.74, 6) is 0.540. The molecule has 1 aromatic carbocycles. The molecular weight excluding hydrogens is 304 g/mol. The number of amidine groups is 1. The van der Waals surface area contributed by atoms with Gasteiger partial charge in [-0.05, 0) is 36.8 Å². The largest absolute Gasteiger partial charge is 0.335 e. The van der Waals surface area contributed by atoms with Gasteiger partial charge in [0.1, 0.15) is 5.70 Å². The van der Waals surface area contributed by atoms with Gasteiger partial charge in [-0.2, -0.15) is 5.26 Å². The minimum absolute atomic E-state index is 0.181. The maximum Gasteiger partial charge on any atom is 0.279 e. The number of nitriles is 1. The summed E-state index contributed by atoms with van der Waals surface area (Å²) in [4.78, 5) is 16.3. The van der Waals surface area contributed by atoms with Crippen molar-refractivity contribution in [1.29, 1.82) is 5.26 Å². The fourth-order valence-corrected chi connectivity index (χ4v) is 2.79. The van der Waals surface area contributed by atoms with E-state index in [2.05, 4.69) is 21.1 Å². The summed E-state index contributed by atoms with van der Waals surface area (Å²) in [6.45, 7) is 1.91. The molecule has 1 aliphatic heterocycles. The number of amides is 1. The van der Waals surface area contributed by atoms with E-state index in [0.717, 1.165) is 17.0 Å². The molecule has 0 saturated heterocycles. The summed E-state index contributed by atoms with van der Waals surface area (Å²) in [6.07, 6.45) is 1.80. The number of nitrogens with zero attached hydrogens (tertiary/aromatic N) is 2. The van der Waals surface area contributed by atoms with E-state index in [9.17, 15) is 4.79 Å². The normalized spacial score (nSPS) is 14.2. The van der Waals surface area contributed by atoms with Gasteiger partial charge in [-0.15, -0.1) is 0 Å². The van der Waals surface area contributed by atoms with E-state index >= 15 is 0 Å². The molecule has 21 heavy (non-hydrogen) atoms. The van der Waals surface area contributed by atoms with Crippen molar-refractivity contribution < 1.29 is 4.79 Å². The SMILES string of the molecule is CSNC(=O)C1=C(C)CSC(Nc2ccc(C#N)cc2)=N1. The van der Waals surface area contributed by atoms with Crippen LogP contribution in [0.25, 0.3) is 0 Å². The number of carbonyl (C=O) groups is 1. The number of thioether (sulfide) groups is 1. The van der Waals surface area contributed by atoms with Crippen molar-refractivity contribution in [3.05, 3.63) is 41.1 Å². The first-order valence-electron chi connectivity index (χ1n) is 6.16. The highest BCUT2D eigenvalue weighted by atomic mass is 32.2. The maximum absolute atomic E-state index is 11.9. The summed E-state index contributed by atoms with van der Waals surface area (Å²) in [5.41, 5.74) is 2.86. The van der Waals surface area contributed by atoms with Crippen molar-refractivity contribution in [3.8, 4) is 6.07 Å². The minimum Gasteiger partial charge on any atom is -0.335 e. The molecule has 0 radical (unpaired) electrons. The Morgan fingerprint density at radius 2 is 2.14 bits per heavy atom. The molecule has 0 atom stereocenters. The molecule has 1 aromatic rings. The average Bonchev–Trinajstić information content (AvgIpc) is 2.50. The molecule has 0 fully saturated rings. The number of hydrogen-bond donors (Lipinski definition) is 2. The van der Waals surface area contributed by atoms with Crippen LogP contribution in [0.2, 0.25) is 0 Å². The molecule has 1 heterocycles. The third-order valence-electron chi connectivity index (χ3n) is 2.72. The predicted octanol–water partition coefficient (Wildman–Crippen LogP) is 2.74. The van der Waals surface area contributed by atoms with Crippen molar-refractivity contribution in [1.82, 2.24) is 4.72 Å². The van der Waals surface area contributed by atoms with Gasteiger partial charge in [-0.25, -0.2) is 4.99 Å². The van der Waals surface area contributed by atoms with Gasteiger partial charge in [0.05, 0.1) is 11.6 Å². The molecular formula is C14H14N4OS2. The molecule has 0 aliphatic carbocycles. The third-order valence-corrected chi connectivity index (χ3v) is 4.15. The zero-order valence-electron chi connectivity index (χ0n) is 11.6. The Kier molecular flexibility index (Phi) is 5.31. The fourth-order valence-electron chi connectivity index (χ4n) is 1.68. The predicted molar refractivity (Wildman–Crippen MR) is 89.0 cm³/mol. The van der Waals surface area contributed by atoms with Gasteiger partial charge in [0, 0.05) is 17.7 Å². The quantitative estimate of drug-likeness (QED) is 0.838. The number of benzene rings is 1. The lowest BCUT2D eigenvalue weighted by molar-refractivity contribution is -0.115. The van der Waals surface area contributed by atoms with Crippen LogP contribution in [0, 0.1) is 11.3 Å². The molecule has 2 N–H and O–H groups in total. The van der Waals surface area contributed by atoms with E-state index in [4.69, 9.17) is 5.26 Å². The van der Waals surface area contributed by atoms with Crippen molar-refractivity contribution >= 4 is 40.5 Å². The summed E-state index contributed by atoms with van der Waals surface area (Å²) >= 11 is 2.80. The summed E-state index contributed by atoms with van der Waals surface area (Å²) in [6, 6.07) is 9.17. The van der Waals surface area contributed by atoms with E-state index in [1.54, 1.807) is 30.2 Å². The number of aliphatic imine (C=N–C) groups is 1. The molecule has 5 nitrogen and oxygen atoms in total. The molecule has 7 heteroatoms. The standard InChI is InChI=1S/C14H14N4OS2/c1-9-8-21-14(17-12(9)13(19)18-20-2)16-11-5-3-10(7-15)4-6-11/h3-6H,8H2,1-2H3,(H,16,17)(H,18,19). The van der Waals surface area contributed by atoms with Crippen LogP contribution in [0.15, 0.2) is 40.5 Å². The molecule has 0 spiro atoms. The van der Waals surface area contributed by atoms with E-state index in [1.807, 2.05) is 19.1 Å². The molecule has 1 amide bonds. The van der Waals surface area contributed by atoms with Crippen LogP contribution in [0.3, 0.4) is 0 Å². The number of hydrogen-bond acceptors (Lipinski definition) is 6. The van der Waals surface area contributed by atoms with Crippen molar-refractivity contribution in [2.45, 2.75) is 6.92 Å². The third kappa shape index (κ3) is 4.03. The van der Waals surface area contributed by atoms with Gasteiger partial charge in [-0.3, -0.25) is 9.52 Å². The number of anilines is 1. The highest BCUT2D eigenvalue weighted by Gasteiger charge is 2.18. The van der Waals surface area contributed by atoms with E-state index in [1.165, 1.54) is 11.9 Å². The Balaban J connectivity index is 2.14. The second-order valence-corrected chi connectivity index (χ2v) is 5.86. The van der Waals surface area contributed by atoms with Crippen LogP contribution in [0.4, 0.5) is 5.69 Å². The Morgan fingerprint density at radius 1 is 1.43 bits per heavy atom. The number of rotatable bonds is 3. The first-order valence-corrected chi connectivity index (χ1v) is 8.37. The highest BCUT2D eigenvalue weighted by Crippen LogP contribution is 2.23. The van der Waals surface area contributed by atoms with Crippen molar-refractivity contribution in [3.63, 3.8) is 0 Å². The van der Waals surface area contributed by atoms with Gasteiger partial charge < -0.3 is 5.32 Å². The molecule has 1 aliphatic rings. The first-order chi connectivity index (χ1) is 10.1. The summed E-state index contributed by atoms with van der Waals surface area (Å²) < 4.78 is 2.68. The van der Waals surface area contributed by atoms with Gasteiger partial charge in [0.15, 0.2) is 5.17 Å². The second-order valence-electron chi connectivity index (χ2n) is 4.28. The second kappa shape index (κ2) is 7.20. The summed E-state index contributed by atoms with van der Waals surface area (Å²) in [5, 5.41) is 12.6. The number of nitrogens with one attached hydrogen (secondary N) is 2. The van der Waals surface area contributed by atoms with Crippen LogP contribution >= 0.6 is 23.7 Å². The molecule has 2 rings (SSSR count). The molecule has 108 valence electrons. The molecule has 0 aromatic heterocycles. The van der Waals surface area contributed by atoms with Gasteiger partial charge in [0.2, 0.25) is 0 Å².